The molecule has 1 aromatic heterocycles. The highest BCUT2D eigenvalue weighted by molar-refractivity contribution is 7.10. The molecule has 154 valence electrons. The first-order chi connectivity index (χ1) is 14.4. The van der Waals surface area contributed by atoms with Gasteiger partial charge < -0.3 is 15.0 Å². The summed E-state index contributed by atoms with van der Waals surface area (Å²) in [6, 6.07) is 14.3. The second-order valence-electron chi connectivity index (χ2n) is 7.23. The van der Waals surface area contributed by atoms with Crippen molar-refractivity contribution in [2.45, 2.75) is 18.9 Å². The van der Waals surface area contributed by atoms with E-state index in [9.17, 15) is 9.59 Å². The minimum atomic E-state index is -0.566. The van der Waals surface area contributed by atoms with Crippen LogP contribution in [0.25, 0.3) is 0 Å². The van der Waals surface area contributed by atoms with Crippen molar-refractivity contribution in [1.29, 1.82) is 0 Å². The number of benzene rings is 2. The zero-order chi connectivity index (χ0) is 21.4. The highest BCUT2D eigenvalue weighted by Gasteiger charge is 2.43. The number of ether oxygens (including phenoxy) is 1. The number of hydrogen-bond donors (Lipinski definition) is 1. The molecule has 2 atom stereocenters. The molecular formula is C23H21ClN2O3S. The Morgan fingerprint density at radius 1 is 1.20 bits per heavy atom. The van der Waals surface area contributed by atoms with Crippen LogP contribution in [0.15, 0.2) is 53.9 Å². The summed E-state index contributed by atoms with van der Waals surface area (Å²) in [7, 11) is 3.28. The number of nitrogens with zero attached hydrogens (tertiary/aromatic N) is 1. The number of fused-ring (bicyclic) bond motifs is 1. The molecule has 0 unspecified atom stereocenters. The maximum Gasteiger partial charge on any atom is 0.254 e. The highest BCUT2D eigenvalue weighted by Crippen LogP contribution is 2.44. The summed E-state index contributed by atoms with van der Waals surface area (Å²) in [5.41, 5.74) is 2.65. The Hall–Kier alpha value is -2.83. The van der Waals surface area contributed by atoms with Gasteiger partial charge in [-0.05, 0) is 41.6 Å². The quantitative estimate of drug-likeness (QED) is 0.601. The standard InChI is InChI=1S/C23H21ClN2O3S/c1-13-11-17(18(29-3)12-16(13)24)25-22(27)20-14-7-4-5-8-15(14)23(28)26(2)21(20)19-9-6-10-30-19/h4-12,20-21H,1-3H3,(H,25,27)/t20-,21+/m1/s1. The van der Waals surface area contributed by atoms with Crippen molar-refractivity contribution < 1.29 is 14.3 Å². The number of carbonyl (C=O) groups is 2. The average Bonchev–Trinajstić information content (AvgIpc) is 3.27. The first-order valence-corrected chi connectivity index (χ1v) is 10.7. The summed E-state index contributed by atoms with van der Waals surface area (Å²) in [5.74, 6) is -0.378. The number of halogens is 1. The van der Waals surface area contributed by atoms with Crippen LogP contribution in [0.5, 0.6) is 5.75 Å². The van der Waals surface area contributed by atoms with Crippen LogP contribution in [0.3, 0.4) is 0 Å². The fourth-order valence-corrected chi connectivity index (χ4v) is 4.97. The van der Waals surface area contributed by atoms with Crippen LogP contribution in [0.4, 0.5) is 5.69 Å². The molecule has 5 nitrogen and oxygen atoms in total. The summed E-state index contributed by atoms with van der Waals surface area (Å²) >= 11 is 7.74. The first kappa shape index (κ1) is 20.4. The lowest BCUT2D eigenvalue weighted by atomic mass is 9.81. The Morgan fingerprint density at radius 3 is 2.67 bits per heavy atom. The molecule has 1 aliphatic rings. The molecular weight excluding hydrogens is 420 g/mol. The van der Waals surface area contributed by atoms with Gasteiger partial charge in [0.2, 0.25) is 5.91 Å². The van der Waals surface area contributed by atoms with E-state index in [2.05, 4.69) is 5.32 Å². The fraction of sp³-hybridized carbons (Fsp3) is 0.217. The predicted octanol–water partition coefficient (Wildman–Crippen LogP) is 5.27. The molecule has 3 aromatic rings. The van der Waals surface area contributed by atoms with Gasteiger partial charge in [-0.3, -0.25) is 9.59 Å². The van der Waals surface area contributed by atoms with Crippen LogP contribution in [0.1, 0.15) is 38.3 Å². The molecule has 0 bridgehead atoms. The summed E-state index contributed by atoms with van der Waals surface area (Å²) in [4.78, 5) is 29.2. The van der Waals surface area contributed by atoms with Crippen molar-refractivity contribution in [1.82, 2.24) is 4.90 Å². The van der Waals surface area contributed by atoms with Gasteiger partial charge in [-0.25, -0.2) is 0 Å². The third-order valence-corrected chi connectivity index (χ3v) is 6.79. The van der Waals surface area contributed by atoms with Crippen LogP contribution in [-0.2, 0) is 4.79 Å². The summed E-state index contributed by atoms with van der Waals surface area (Å²) in [6.07, 6.45) is 0. The van der Waals surface area contributed by atoms with Crippen LogP contribution in [0, 0.1) is 6.92 Å². The smallest absolute Gasteiger partial charge is 0.254 e. The number of nitrogens with one attached hydrogen (secondary N) is 1. The van der Waals surface area contributed by atoms with E-state index in [1.54, 1.807) is 30.1 Å². The van der Waals surface area contributed by atoms with Gasteiger partial charge in [0, 0.05) is 28.6 Å². The summed E-state index contributed by atoms with van der Waals surface area (Å²) < 4.78 is 5.41. The number of likely N-dealkylation sites (N-methyl/N-ethyl adjacent to an activating group) is 1. The maximum atomic E-state index is 13.6. The molecule has 0 radical (unpaired) electrons. The SMILES string of the molecule is COc1cc(Cl)c(C)cc1NC(=O)[C@@H]1c2ccccc2C(=O)N(C)[C@H]1c1cccs1. The Morgan fingerprint density at radius 2 is 1.97 bits per heavy atom. The maximum absolute atomic E-state index is 13.6. The number of carbonyl (C=O) groups excluding carboxylic acids is 2. The molecule has 0 fully saturated rings. The van der Waals surface area contributed by atoms with Gasteiger partial charge >= 0.3 is 0 Å². The third kappa shape index (κ3) is 3.46. The van der Waals surface area contributed by atoms with E-state index in [1.165, 1.54) is 18.4 Å². The normalized spacial score (nSPS) is 18.1. The second kappa shape index (κ2) is 8.13. The van der Waals surface area contributed by atoms with Crippen molar-refractivity contribution in [3.05, 3.63) is 80.5 Å². The number of anilines is 1. The summed E-state index contributed by atoms with van der Waals surface area (Å²) in [6.45, 7) is 1.87. The number of methoxy groups -OCH3 is 1. The van der Waals surface area contributed by atoms with E-state index in [0.717, 1.165) is 16.0 Å². The molecule has 2 heterocycles. The molecule has 0 saturated carbocycles. The van der Waals surface area contributed by atoms with Crippen LogP contribution in [-0.4, -0.2) is 30.9 Å². The van der Waals surface area contributed by atoms with E-state index >= 15 is 0 Å². The molecule has 1 aliphatic heterocycles. The lowest BCUT2D eigenvalue weighted by Crippen LogP contribution is -2.43. The average molecular weight is 441 g/mol. The van der Waals surface area contributed by atoms with Crippen molar-refractivity contribution in [3.8, 4) is 5.75 Å². The molecule has 1 N–H and O–H groups in total. The van der Waals surface area contributed by atoms with Gasteiger partial charge in [0.1, 0.15) is 5.75 Å². The molecule has 2 aromatic carbocycles. The van der Waals surface area contributed by atoms with Crippen molar-refractivity contribution >= 4 is 40.4 Å². The monoisotopic (exact) mass is 440 g/mol. The Balaban J connectivity index is 1.80. The van der Waals surface area contributed by atoms with E-state index < -0.39 is 12.0 Å². The summed E-state index contributed by atoms with van der Waals surface area (Å²) in [5, 5.41) is 5.53. The molecule has 2 amide bonds. The highest BCUT2D eigenvalue weighted by atomic mass is 35.5. The number of amides is 2. The van der Waals surface area contributed by atoms with Gasteiger partial charge in [0.25, 0.3) is 5.91 Å². The van der Waals surface area contributed by atoms with Crippen LogP contribution >= 0.6 is 22.9 Å². The molecule has 7 heteroatoms. The minimum Gasteiger partial charge on any atom is -0.495 e. The zero-order valence-corrected chi connectivity index (χ0v) is 18.4. The number of rotatable bonds is 4. The van der Waals surface area contributed by atoms with E-state index in [-0.39, 0.29) is 11.8 Å². The zero-order valence-electron chi connectivity index (χ0n) is 16.8. The van der Waals surface area contributed by atoms with Crippen LogP contribution in [0.2, 0.25) is 5.02 Å². The Bertz CT molecular complexity index is 1110. The third-order valence-electron chi connectivity index (χ3n) is 5.44. The van der Waals surface area contributed by atoms with Gasteiger partial charge in [0.15, 0.2) is 0 Å². The van der Waals surface area contributed by atoms with E-state index in [0.29, 0.717) is 22.0 Å². The van der Waals surface area contributed by atoms with Gasteiger partial charge in [0.05, 0.1) is 24.8 Å². The Labute approximate surface area is 184 Å². The topological polar surface area (TPSA) is 58.6 Å². The number of aryl methyl sites for hydroxylation is 1. The lowest BCUT2D eigenvalue weighted by molar-refractivity contribution is -0.119. The molecule has 0 saturated heterocycles. The van der Waals surface area contributed by atoms with Gasteiger partial charge in [-0.15, -0.1) is 11.3 Å². The van der Waals surface area contributed by atoms with Gasteiger partial charge in [-0.2, -0.15) is 0 Å². The minimum absolute atomic E-state index is 0.0898. The van der Waals surface area contributed by atoms with Crippen molar-refractivity contribution in [2.75, 3.05) is 19.5 Å². The molecule has 30 heavy (non-hydrogen) atoms. The molecule has 0 aliphatic carbocycles. The molecule has 4 rings (SSSR count). The largest absolute Gasteiger partial charge is 0.495 e. The van der Waals surface area contributed by atoms with E-state index in [1.807, 2.05) is 42.6 Å². The number of thiophene rings is 1. The van der Waals surface area contributed by atoms with Crippen molar-refractivity contribution in [3.63, 3.8) is 0 Å². The second-order valence-corrected chi connectivity index (χ2v) is 8.62. The van der Waals surface area contributed by atoms with Gasteiger partial charge in [-0.1, -0.05) is 35.9 Å². The van der Waals surface area contributed by atoms with Crippen molar-refractivity contribution in [2.24, 2.45) is 0 Å². The first-order valence-electron chi connectivity index (χ1n) is 9.47. The Kier molecular flexibility index (Phi) is 5.54. The molecule has 0 spiro atoms. The fourth-order valence-electron chi connectivity index (χ4n) is 3.91. The van der Waals surface area contributed by atoms with E-state index in [4.69, 9.17) is 16.3 Å². The number of hydrogen-bond acceptors (Lipinski definition) is 4. The lowest BCUT2D eigenvalue weighted by Gasteiger charge is -2.39. The van der Waals surface area contributed by atoms with Crippen LogP contribution < -0.4 is 10.1 Å². The predicted molar refractivity (Wildman–Crippen MR) is 120 cm³/mol.